The van der Waals surface area contributed by atoms with Gasteiger partial charge in [-0.25, -0.2) is 0 Å². The van der Waals surface area contributed by atoms with Crippen molar-refractivity contribution in [1.29, 1.82) is 5.26 Å². The first kappa shape index (κ1) is 12.0. The average Bonchev–Trinajstić information content (AvgIpc) is 2.33. The lowest BCUT2D eigenvalue weighted by atomic mass is 9.90. The molecule has 1 aromatic carbocycles. The van der Waals surface area contributed by atoms with Gasteiger partial charge in [0.2, 0.25) is 0 Å². The number of hydrogen-bond acceptors (Lipinski definition) is 2. The molecule has 1 aliphatic carbocycles. The van der Waals surface area contributed by atoms with E-state index in [0.29, 0.717) is 5.25 Å². The second-order valence-corrected chi connectivity index (χ2v) is 6.24. The molecular formula is C13H14BrNS. The molecule has 1 fully saturated rings. The molecule has 1 nitrogen and oxygen atoms in total. The molecule has 0 heterocycles. The van der Waals surface area contributed by atoms with E-state index in [0.717, 1.165) is 10.9 Å². The normalized spacial score (nSPS) is 25.0. The van der Waals surface area contributed by atoms with Gasteiger partial charge in [-0.3, -0.25) is 0 Å². The quantitative estimate of drug-likeness (QED) is 0.795. The summed E-state index contributed by atoms with van der Waals surface area (Å²) >= 11 is 5.42. The molecule has 0 amide bonds. The second kappa shape index (κ2) is 5.75. The van der Waals surface area contributed by atoms with Gasteiger partial charge in [-0.15, -0.1) is 11.8 Å². The molecule has 2 rings (SSSR count). The summed E-state index contributed by atoms with van der Waals surface area (Å²) in [6, 6.07) is 10.7. The Bertz CT molecular complexity index is 399. The number of rotatable bonds is 2. The molecule has 2 atom stereocenters. The summed E-state index contributed by atoms with van der Waals surface area (Å²) in [5.41, 5.74) is 0. The number of nitrogens with zero attached hydrogens (tertiary/aromatic N) is 1. The van der Waals surface area contributed by atoms with Crippen LogP contribution in [0.3, 0.4) is 0 Å². The fourth-order valence-electron chi connectivity index (χ4n) is 2.09. The molecule has 1 aromatic rings. The highest BCUT2D eigenvalue weighted by Gasteiger charge is 2.26. The van der Waals surface area contributed by atoms with Gasteiger partial charge in [0.05, 0.1) is 12.0 Å². The third kappa shape index (κ3) is 2.81. The topological polar surface area (TPSA) is 23.8 Å². The van der Waals surface area contributed by atoms with E-state index in [-0.39, 0.29) is 5.92 Å². The Balaban J connectivity index is 2.09. The molecule has 84 valence electrons. The van der Waals surface area contributed by atoms with Crippen molar-refractivity contribution in [2.24, 2.45) is 5.92 Å². The Labute approximate surface area is 109 Å². The molecule has 0 bridgehead atoms. The van der Waals surface area contributed by atoms with Crippen molar-refractivity contribution >= 4 is 27.7 Å². The maximum Gasteiger partial charge on any atom is 0.0667 e. The van der Waals surface area contributed by atoms with Crippen LogP contribution < -0.4 is 0 Å². The van der Waals surface area contributed by atoms with Crippen molar-refractivity contribution in [2.75, 3.05) is 0 Å². The summed E-state index contributed by atoms with van der Waals surface area (Å²) in [7, 11) is 0. The lowest BCUT2D eigenvalue weighted by molar-refractivity contribution is 0.439. The van der Waals surface area contributed by atoms with E-state index in [1.165, 1.54) is 24.2 Å². The number of nitriles is 1. The van der Waals surface area contributed by atoms with E-state index in [1.54, 1.807) is 0 Å². The van der Waals surface area contributed by atoms with Crippen molar-refractivity contribution in [2.45, 2.75) is 35.8 Å². The predicted molar refractivity (Wildman–Crippen MR) is 71.4 cm³/mol. The highest BCUT2D eigenvalue weighted by Crippen LogP contribution is 2.39. The largest absolute Gasteiger partial charge is 0.198 e. The monoisotopic (exact) mass is 295 g/mol. The number of thioether (sulfide) groups is 1. The summed E-state index contributed by atoms with van der Waals surface area (Å²) in [5, 5.41) is 9.60. The minimum Gasteiger partial charge on any atom is -0.198 e. The van der Waals surface area contributed by atoms with Crippen LogP contribution in [0, 0.1) is 17.2 Å². The van der Waals surface area contributed by atoms with Crippen LogP contribution in [0.1, 0.15) is 25.7 Å². The standard InChI is InChI=1S/C13H14BrNS/c14-11-6-2-4-8-13(11)16-12-7-3-1-5-10(12)9-15/h2,4,6,8,10,12H,1,3,5,7H2. The molecule has 1 saturated carbocycles. The smallest absolute Gasteiger partial charge is 0.0667 e. The second-order valence-electron chi connectivity index (χ2n) is 4.11. The number of benzene rings is 1. The summed E-state index contributed by atoms with van der Waals surface area (Å²) in [6.45, 7) is 0. The van der Waals surface area contributed by atoms with Gasteiger partial charge >= 0.3 is 0 Å². The lowest BCUT2D eigenvalue weighted by Gasteiger charge is -2.26. The zero-order chi connectivity index (χ0) is 11.4. The zero-order valence-corrected chi connectivity index (χ0v) is 11.4. The van der Waals surface area contributed by atoms with Crippen LogP contribution in [0.15, 0.2) is 33.6 Å². The van der Waals surface area contributed by atoms with Crippen LogP contribution in [0.4, 0.5) is 0 Å². The zero-order valence-electron chi connectivity index (χ0n) is 9.03. The molecular weight excluding hydrogens is 282 g/mol. The first-order valence-electron chi connectivity index (χ1n) is 5.62. The maximum absolute atomic E-state index is 9.13. The van der Waals surface area contributed by atoms with Crippen LogP contribution >= 0.6 is 27.7 Å². The van der Waals surface area contributed by atoms with E-state index in [9.17, 15) is 0 Å². The molecule has 16 heavy (non-hydrogen) atoms. The van der Waals surface area contributed by atoms with E-state index in [1.807, 2.05) is 17.8 Å². The molecule has 0 aromatic heterocycles. The average molecular weight is 296 g/mol. The summed E-state index contributed by atoms with van der Waals surface area (Å²) in [4.78, 5) is 1.26. The number of halogens is 1. The molecule has 0 radical (unpaired) electrons. The van der Waals surface area contributed by atoms with Gasteiger partial charge < -0.3 is 0 Å². The highest BCUT2D eigenvalue weighted by atomic mass is 79.9. The van der Waals surface area contributed by atoms with Gasteiger partial charge in [-0.05, 0) is 40.9 Å². The van der Waals surface area contributed by atoms with Crippen molar-refractivity contribution < 1.29 is 0 Å². The minimum absolute atomic E-state index is 0.228. The Hall–Kier alpha value is -0.460. The Kier molecular flexibility index (Phi) is 4.31. The molecule has 0 aliphatic heterocycles. The van der Waals surface area contributed by atoms with E-state index >= 15 is 0 Å². The van der Waals surface area contributed by atoms with Crippen molar-refractivity contribution in [3.05, 3.63) is 28.7 Å². The van der Waals surface area contributed by atoms with Crippen LogP contribution in [0.25, 0.3) is 0 Å². The summed E-state index contributed by atoms with van der Waals surface area (Å²) in [5.74, 6) is 0.228. The van der Waals surface area contributed by atoms with Crippen LogP contribution in [0.2, 0.25) is 0 Å². The fourth-order valence-corrected chi connectivity index (χ4v) is 3.96. The highest BCUT2D eigenvalue weighted by molar-refractivity contribution is 9.10. The van der Waals surface area contributed by atoms with Gasteiger partial charge in [0.1, 0.15) is 0 Å². The summed E-state index contributed by atoms with van der Waals surface area (Å²) in [6.07, 6.45) is 4.72. The van der Waals surface area contributed by atoms with E-state index < -0.39 is 0 Å². The Morgan fingerprint density at radius 1 is 1.25 bits per heavy atom. The van der Waals surface area contributed by atoms with Crippen molar-refractivity contribution in [1.82, 2.24) is 0 Å². The molecule has 1 aliphatic rings. The fraction of sp³-hybridized carbons (Fsp3) is 0.462. The van der Waals surface area contributed by atoms with Gasteiger partial charge in [0, 0.05) is 14.6 Å². The SMILES string of the molecule is N#CC1CCCCC1Sc1ccccc1Br. The number of hydrogen-bond donors (Lipinski definition) is 0. The van der Waals surface area contributed by atoms with Crippen molar-refractivity contribution in [3.63, 3.8) is 0 Å². The van der Waals surface area contributed by atoms with Crippen molar-refractivity contribution in [3.8, 4) is 6.07 Å². The summed E-state index contributed by atoms with van der Waals surface area (Å²) < 4.78 is 1.14. The molecule has 0 spiro atoms. The first-order chi connectivity index (χ1) is 7.81. The minimum atomic E-state index is 0.228. The molecule has 0 saturated heterocycles. The Morgan fingerprint density at radius 2 is 2.00 bits per heavy atom. The van der Waals surface area contributed by atoms with Gasteiger partial charge in [-0.2, -0.15) is 5.26 Å². The van der Waals surface area contributed by atoms with Gasteiger partial charge in [0.15, 0.2) is 0 Å². The van der Waals surface area contributed by atoms with E-state index in [2.05, 4.69) is 40.2 Å². The first-order valence-corrected chi connectivity index (χ1v) is 7.29. The van der Waals surface area contributed by atoms with Gasteiger partial charge in [-0.1, -0.05) is 25.0 Å². The lowest BCUT2D eigenvalue weighted by Crippen LogP contribution is -2.20. The van der Waals surface area contributed by atoms with Crippen LogP contribution in [0.5, 0.6) is 0 Å². The van der Waals surface area contributed by atoms with Crippen LogP contribution in [-0.4, -0.2) is 5.25 Å². The van der Waals surface area contributed by atoms with E-state index in [4.69, 9.17) is 5.26 Å². The van der Waals surface area contributed by atoms with Gasteiger partial charge in [0.25, 0.3) is 0 Å². The van der Waals surface area contributed by atoms with Crippen LogP contribution in [-0.2, 0) is 0 Å². The molecule has 3 heteroatoms. The third-order valence-corrected chi connectivity index (χ3v) is 5.41. The Morgan fingerprint density at radius 3 is 2.75 bits per heavy atom. The maximum atomic E-state index is 9.13. The molecule has 2 unspecified atom stereocenters. The molecule has 0 N–H and O–H groups in total. The third-order valence-electron chi connectivity index (χ3n) is 2.98. The predicted octanol–water partition coefficient (Wildman–Crippen LogP) is 4.62.